The molecule has 76 valence electrons. The number of aromatic nitrogens is 1. The van der Waals surface area contributed by atoms with E-state index in [4.69, 9.17) is 9.84 Å². The van der Waals surface area contributed by atoms with Crippen LogP contribution >= 0.6 is 0 Å². The Kier molecular flexibility index (Phi) is 3.06. The fourth-order valence-corrected chi connectivity index (χ4v) is 1.27. The van der Waals surface area contributed by atoms with Crippen LogP contribution in [0, 0.1) is 6.92 Å². The fraction of sp³-hybridized carbons (Fsp3) is 0.400. The summed E-state index contributed by atoms with van der Waals surface area (Å²) in [6, 6.07) is 1.61. The molecule has 14 heavy (non-hydrogen) atoms. The predicted molar refractivity (Wildman–Crippen MR) is 51.9 cm³/mol. The minimum Gasteiger partial charge on any atom is -0.481 e. The lowest BCUT2D eigenvalue weighted by molar-refractivity contribution is 0.0695. The summed E-state index contributed by atoms with van der Waals surface area (Å²) >= 11 is 0. The van der Waals surface area contributed by atoms with Crippen molar-refractivity contribution in [2.75, 3.05) is 7.11 Å². The first-order valence-electron chi connectivity index (χ1n) is 4.38. The van der Waals surface area contributed by atoms with Gasteiger partial charge in [0.2, 0.25) is 5.88 Å². The first-order valence-corrected chi connectivity index (χ1v) is 4.38. The number of ether oxygens (including phenoxy) is 1. The summed E-state index contributed by atoms with van der Waals surface area (Å²) < 4.78 is 5.05. The number of carboxylic acids is 1. The zero-order valence-electron chi connectivity index (χ0n) is 8.50. The number of nitrogens with zero attached hydrogens (tertiary/aromatic N) is 1. The molecule has 0 aromatic carbocycles. The fourth-order valence-electron chi connectivity index (χ4n) is 1.27. The highest BCUT2D eigenvalue weighted by molar-refractivity contribution is 5.89. The summed E-state index contributed by atoms with van der Waals surface area (Å²) in [4.78, 5) is 14.9. The molecule has 0 amide bonds. The van der Waals surface area contributed by atoms with Crippen LogP contribution in [0.4, 0.5) is 0 Å². The second-order valence-electron chi connectivity index (χ2n) is 2.95. The van der Waals surface area contributed by atoms with E-state index in [1.165, 1.54) is 7.11 Å². The van der Waals surface area contributed by atoms with Gasteiger partial charge in [0.15, 0.2) is 0 Å². The monoisotopic (exact) mass is 195 g/mol. The number of aromatic carboxylic acids is 1. The number of hydrogen-bond acceptors (Lipinski definition) is 3. The van der Waals surface area contributed by atoms with Crippen molar-refractivity contribution < 1.29 is 14.6 Å². The van der Waals surface area contributed by atoms with E-state index in [0.717, 1.165) is 5.56 Å². The molecule has 0 radical (unpaired) electrons. The lowest BCUT2D eigenvalue weighted by atomic mass is 10.1. The quantitative estimate of drug-likeness (QED) is 0.796. The van der Waals surface area contributed by atoms with Crippen LogP contribution in [0.5, 0.6) is 5.88 Å². The number of aryl methyl sites for hydroxylation is 2. The Balaban J connectivity index is 3.30. The molecule has 4 heteroatoms. The SMILES string of the molecule is CCc1cc(C(=O)O)c(C)nc1OC. The summed E-state index contributed by atoms with van der Waals surface area (Å²) in [5.74, 6) is -0.442. The normalized spacial score (nSPS) is 9.93. The minimum atomic E-state index is -0.952. The Morgan fingerprint density at radius 2 is 2.29 bits per heavy atom. The van der Waals surface area contributed by atoms with Gasteiger partial charge in [0.25, 0.3) is 0 Å². The average Bonchev–Trinajstić information content (AvgIpc) is 2.16. The molecule has 0 aliphatic heterocycles. The maximum absolute atomic E-state index is 10.8. The molecular weight excluding hydrogens is 182 g/mol. The van der Waals surface area contributed by atoms with Gasteiger partial charge in [-0.05, 0) is 19.4 Å². The number of hydrogen-bond donors (Lipinski definition) is 1. The van der Waals surface area contributed by atoms with Crippen molar-refractivity contribution in [3.8, 4) is 5.88 Å². The molecule has 0 saturated heterocycles. The molecule has 1 aromatic heterocycles. The van der Waals surface area contributed by atoms with Crippen LogP contribution in [0.25, 0.3) is 0 Å². The Morgan fingerprint density at radius 3 is 2.71 bits per heavy atom. The topological polar surface area (TPSA) is 59.4 Å². The van der Waals surface area contributed by atoms with Crippen LogP contribution in [0.2, 0.25) is 0 Å². The smallest absolute Gasteiger partial charge is 0.337 e. The summed E-state index contributed by atoms with van der Waals surface area (Å²) in [5.41, 5.74) is 1.53. The van der Waals surface area contributed by atoms with E-state index in [-0.39, 0.29) is 5.56 Å². The molecule has 0 bridgehead atoms. The van der Waals surface area contributed by atoms with E-state index in [9.17, 15) is 4.79 Å². The van der Waals surface area contributed by atoms with Gasteiger partial charge in [-0.3, -0.25) is 0 Å². The van der Waals surface area contributed by atoms with Crippen molar-refractivity contribution in [3.05, 3.63) is 22.9 Å². The van der Waals surface area contributed by atoms with Crippen LogP contribution < -0.4 is 4.74 Å². The van der Waals surface area contributed by atoms with Crippen molar-refractivity contribution in [2.45, 2.75) is 20.3 Å². The minimum absolute atomic E-state index is 0.239. The maximum atomic E-state index is 10.8. The van der Waals surface area contributed by atoms with Gasteiger partial charge in [0.05, 0.1) is 18.4 Å². The largest absolute Gasteiger partial charge is 0.481 e. The first-order chi connectivity index (χ1) is 6.60. The number of carbonyl (C=O) groups is 1. The third kappa shape index (κ3) is 1.84. The van der Waals surface area contributed by atoms with Gasteiger partial charge in [0, 0.05) is 5.56 Å². The number of rotatable bonds is 3. The average molecular weight is 195 g/mol. The number of carboxylic acid groups (broad SMARTS) is 1. The predicted octanol–water partition coefficient (Wildman–Crippen LogP) is 1.66. The van der Waals surface area contributed by atoms with Crippen LogP contribution in [-0.2, 0) is 6.42 Å². The van der Waals surface area contributed by atoms with E-state index in [1.54, 1.807) is 13.0 Å². The lowest BCUT2D eigenvalue weighted by Crippen LogP contribution is -2.05. The Morgan fingerprint density at radius 1 is 1.64 bits per heavy atom. The molecule has 0 aliphatic rings. The lowest BCUT2D eigenvalue weighted by Gasteiger charge is -2.08. The second kappa shape index (κ2) is 4.09. The first kappa shape index (κ1) is 10.5. The summed E-state index contributed by atoms with van der Waals surface area (Å²) in [6.07, 6.45) is 0.705. The van der Waals surface area contributed by atoms with E-state index in [2.05, 4.69) is 4.98 Å². The highest BCUT2D eigenvalue weighted by Gasteiger charge is 2.12. The Hall–Kier alpha value is -1.58. The molecule has 0 fully saturated rings. The van der Waals surface area contributed by atoms with E-state index >= 15 is 0 Å². The highest BCUT2D eigenvalue weighted by atomic mass is 16.5. The van der Waals surface area contributed by atoms with Crippen molar-refractivity contribution in [1.29, 1.82) is 0 Å². The van der Waals surface area contributed by atoms with E-state index < -0.39 is 5.97 Å². The zero-order chi connectivity index (χ0) is 10.7. The Labute approximate surface area is 82.5 Å². The van der Waals surface area contributed by atoms with Gasteiger partial charge in [-0.25, -0.2) is 9.78 Å². The van der Waals surface area contributed by atoms with Crippen molar-refractivity contribution in [1.82, 2.24) is 4.98 Å². The van der Waals surface area contributed by atoms with Gasteiger partial charge in [-0.15, -0.1) is 0 Å². The summed E-state index contributed by atoms with van der Waals surface area (Å²) in [5, 5.41) is 8.87. The molecule has 0 aliphatic carbocycles. The molecule has 0 spiro atoms. The molecule has 0 unspecified atom stereocenters. The second-order valence-corrected chi connectivity index (χ2v) is 2.95. The third-order valence-corrected chi connectivity index (χ3v) is 2.06. The molecule has 1 aromatic rings. The van der Waals surface area contributed by atoms with E-state index in [1.807, 2.05) is 6.92 Å². The van der Waals surface area contributed by atoms with Gasteiger partial charge in [0.1, 0.15) is 0 Å². The van der Waals surface area contributed by atoms with Gasteiger partial charge in [-0.2, -0.15) is 0 Å². The molecule has 1 heterocycles. The van der Waals surface area contributed by atoms with E-state index in [0.29, 0.717) is 18.0 Å². The van der Waals surface area contributed by atoms with Crippen LogP contribution in [0.15, 0.2) is 6.07 Å². The standard InChI is InChI=1S/C10H13NO3/c1-4-7-5-8(10(12)13)6(2)11-9(7)14-3/h5H,4H2,1-3H3,(H,12,13). The van der Waals surface area contributed by atoms with Crippen molar-refractivity contribution >= 4 is 5.97 Å². The Bertz CT molecular complexity index is 361. The molecule has 0 atom stereocenters. The van der Waals surface area contributed by atoms with Crippen molar-refractivity contribution in [3.63, 3.8) is 0 Å². The molecule has 1 N–H and O–H groups in total. The number of methoxy groups -OCH3 is 1. The number of pyridine rings is 1. The van der Waals surface area contributed by atoms with Gasteiger partial charge in [-0.1, -0.05) is 6.92 Å². The third-order valence-electron chi connectivity index (χ3n) is 2.06. The maximum Gasteiger partial charge on any atom is 0.337 e. The molecule has 4 nitrogen and oxygen atoms in total. The molecule has 0 saturated carbocycles. The molecule has 1 rings (SSSR count). The van der Waals surface area contributed by atoms with Crippen LogP contribution in [0.3, 0.4) is 0 Å². The van der Waals surface area contributed by atoms with Crippen LogP contribution in [-0.4, -0.2) is 23.2 Å². The van der Waals surface area contributed by atoms with Crippen LogP contribution in [0.1, 0.15) is 28.5 Å². The van der Waals surface area contributed by atoms with Gasteiger partial charge >= 0.3 is 5.97 Å². The van der Waals surface area contributed by atoms with Gasteiger partial charge < -0.3 is 9.84 Å². The van der Waals surface area contributed by atoms with Crippen molar-refractivity contribution in [2.24, 2.45) is 0 Å². The highest BCUT2D eigenvalue weighted by Crippen LogP contribution is 2.19. The zero-order valence-corrected chi connectivity index (χ0v) is 8.50. The summed E-state index contributed by atoms with van der Waals surface area (Å²) in [6.45, 7) is 3.59. The summed E-state index contributed by atoms with van der Waals surface area (Å²) in [7, 11) is 1.53. The molecular formula is C10H13NO3.